The first kappa shape index (κ1) is 18.1. The molecule has 0 spiro atoms. The minimum Gasteiger partial charge on any atom is -0.294 e. The lowest BCUT2D eigenvalue weighted by atomic mass is 9.81. The van der Waals surface area contributed by atoms with E-state index in [1.54, 1.807) is 0 Å². The van der Waals surface area contributed by atoms with E-state index in [0.29, 0.717) is 0 Å². The molecule has 1 aliphatic rings. The van der Waals surface area contributed by atoms with Gasteiger partial charge in [0, 0.05) is 10.4 Å². The molecule has 2 aromatic rings. The molecule has 1 nitrogen and oxygen atoms in total. The number of carbonyl (C=O) groups excluding carboxylic acids is 1. The highest BCUT2D eigenvalue weighted by molar-refractivity contribution is 9.10. The molecule has 0 radical (unpaired) electrons. The Hall–Kier alpha value is -1.67. The van der Waals surface area contributed by atoms with Crippen molar-refractivity contribution in [3.05, 3.63) is 75.8 Å². The maximum atomic E-state index is 12.7. The molecule has 0 amide bonds. The molecule has 25 heavy (non-hydrogen) atoms. The summed E-state index contributed by atoms with van der Waals surface area (Å²) < 4.78 is 1.07. The quantitative estimate of drug-likeness (QED) is 0.495. The van der Waals surface area contributed by atoms with Gasteiger partial charge in [0.1, 0.15) is 0 Å². The second kappa shape index (κ2) is 8.62. The monoisotopic (exact) mass is 396 g/mol. The summed E-state index contributed by atoms with van der Waals surface area (Å²) in [6.07, 6.45) is 8.63. The fraction of sp³-hybridized carbons (Fsp3) is 0.348. The Morgan fingerprint density at radius 1 is 1.00 bits per heavy atom. The summed E-state index contributed by atoms with van der Waals surface area (Å²) in [4.78, 5) is 12.7. The molecule has 0 aliphatic heterocycles. The van der Waals surface area contributed by atoms with Crippen LogP contribution in [0.15, 0.2) is 59.1 Å². The first-order chi connectivity index (χ1) is 12.2. The van der Waals surface area contributed by atoms with Crippen LogP contribution >= 0.6 is 15.9 Å². The van der Waals surface area contributed by atoms with E-state index < -0.39 is 0 Å². The van der Waals surface area contributed by atoms with Crippen molar-refractivity contribution in [1.29, 1.82) is 0 Å². The molecule has 1 atom stereocenters. The molecule has 1 aliphatic carbocycles. The van der Waals surface area contributed by atoms with E-state index in [1.807, 2.05) is 18.2 Å². The zero-order valence-electron chi connectivity index (χ0n) is 14.8. The Labute approximate surface area is 159 Å². The van der Waals surface area contributed by atoms with Gasteiger partial charge in [0.05, 0.1) is 0 Å². The smallest absolute Gasteiger partial charge is 0.163 e. The van der Waals surface area contributed by atoms with Gasteiger partial charge in [0.25, 0.3) is 0 Å². The van der Waals surface area contributed by atoms with Crippen LogP contribution in [-0.4, -0.2) is 5.78 Å². The second-order valence-electron chi connectivity index (χ2n) is 6.87. The van der Waals surface area contributed by atoms with Crippen LogP contribution < -0.4 is 0 Å². The Morgan fingerprint density at radius 3 is 2.36 bits per heavy atom. The fourth-order valence-electron chi connectivity index (χ4n) is 3.50. The summed E-state index contributed by atoms with van der Waals surface area (Å²) in [5, 5.41) is 0. The summed E-state index contributed by atoms with van der Waals surface area (Å²) in [7, 11) is 0. The molecule has 1 unspecified atom stereocenters. The van der Waals surface area contributed by atoms with Gasteiger partial charge < -0.3 is 0 Å². The average molecular weight is 397 g/mol. The zero-order chi connectivity index (χ0) is 17.6. The van der Waals surface area contributed by atoms with Gasteiger partial charge in [-0.25, -0.2) is 0 Å². The van der Waals surface area contributed by atoms with Crippen molar-refractivity contribution in [3.8, 4) is 0 Å². The summed E-state index contributed by atoms with van der Waals surface area (Å²) in [6.45, 7) is 2.23. The SMILES string of the molecule is CCCCCc1ccc(C2CCC(c3ccc(Br)cc3)=CC2=O)cc1. The van der Waals surface area contributed by atoms with Crippen molar-refractivity contribution in [2.45, 2.75) is 51.4 Å². The molecule has 0 aromatic heterocycles. The maximum Gasteiger partial charge on any atom is 0.163 e. The maximum absolute atomic E-state index is 12.7. The van der Waals surface area contributed by atoms with Crippen LogP contribution in [0.5, 0.6) is 0 Å². The first-order valence-electron chi connectivity index (χ1n) is 9.26. The minimum absolute atomic E-state index is 0.0175. The highest BCUT2D eigenvalue weighted by Gasteiger charge is 2.24. The Balaban J connectivity index is 1.68. The van der Waals surface area contributed by atoms with Crippen molar-refractivity contribution in [2.24, 2.45) is 0 Å². The van der Waals surface area contributed by atoms with E-state index in [4.69, 9.17) is 0 Å². The summed E-state index contributed by atoms with van der Waals surface area (Å²) in [6, 6.07) is 16.9. The number of benzene rings is 2. The molecular weight excluding hydrogens is 372 g/mol. The van der Waals surface area contributed by atoms with Gasteiger partial charge in [-0.3, -0.25) is 4.79 Å². The molecule has 2 heteroatoms. The van der Waals surface area contributed by atoms with Gasteiger partial charge in [-0.05, 0) is 66.2 Å². The molecule has 0 bridgehead atoms. The molecule has 3 rings (SSSR count). The molecule has 2 aromatic carbocycles. The number of unbranched alkanes of at least 4 members (excludes halogenated alkanes) is 2. The molecule has 0 heterocycles. The molecule has 0 fully saturated rings. The molecule has 130 valence electrons. The topological polar surface area (TPSA) is 17.1 Å². The standard InChI is InChI=1S/C23H25BrO/c1-2-3-4-5-17-6-8-19(9-7-17)22-15-12-20(16-23(22)25)18-10-13-21(24)14-11-18/h6-11,13-14,16,22H,2-5,12,15H2,1H3. The third-order valence-corrected chi connectivity index (χ3v) is 5.56. The van der Waals surface area contributed by atoms with E-state index in [2.05, 4.69) is 59.3 Å². The van der Waals surface area contributed by atoms with Crippen LogP contribution in [0.1, 0.15) is 61.6 Å². The number of allylic oxidation sites excluding steroid dienone is 2. The Morgan fingerprint density at radius 2 is 1.72 bits per heavy atom. The summed E-state index contributed by atoms with van der Waals surface area (Å²) in [5.41, 5.74) is 4.85. The zero-order valence-corrected chi connectivity index (χ0v) is 16.4. The first-order valence-corrected chi connectivity index (χ1v) is 10.1. The van der Waals surface area contributed by atoms with Crippen LogP contribution in [0, 0.1) is 0 Å². The number of ketones is 1. The van der Waals surface area contributed by atoms with Crippen LogP contribution in [0.2, 0.25) is 0 Å². The van der Waals surface area contributed by atoms with Crippen molar-refractivity contribution >= 4 is 27.3 Å². The van der Waals surface area contributed by atoms with Crippen molar-refractivity contribution in [3.63, 3.8) is 0 Å². The number of hydrogen-bond donors (Lipinski definition) is 0. The molecule has 0 saturated carbocycles. The normalized spacial score (nSPS) is 17.4. The van der Waals surface area contributed by atoms with Crippen LogP contribution in [-0.2, 0) is 11.2 Å². The van der Waals surface area contributed by atoms with Crippen molar-refractivity contribution in [1.82, 2.24) is 0 Å². The second-order valence-corrected chi connectivity index (χ2v) is 7.78. The van der Waals surface area contributed by atoms with Gasteiger partial charge in [0.15, 0.2) is 5.78 Å². The van der Waals surface area contributed by atoms with Crippen molar-refractivity contribution in [2.75, 3.05) is 0 Å². The third kappa shape index (κ3) is 4.70. The van der Waals surface area contributed by atoms with Crippen LogP contribution in [0.3, 0.4) is 0 Å². The fourth-order valence-corrected chi connectivity index (χ4v) is 3.77. The van der Waals surface area contributed by atoms with Gasteiger partial charge >= 0.3 is 0 Å². The predicted octanol–water partition coefficient (Wildman–Crippen LogP) is 6.71. The number of rotatable bonds is 6. The lowest BCUT2D eigenvalue weighted by Gasteiger charge is -2.21. The number of carbonyl (C=O) groups is 1. The third-order valence-electron chi connectivity index (χ3n) is 5.03. The lowest BCUT2D eigenvalue weighted by Crippen LogP contribution is -2.15. The van der Waals surface area contributed by atoms with Gasteiger partial charge in [-0.15, -0.1) is 0 Å². The van der Waals surface area contributed by atoms with E-state index in [-0.39, 0.29) is 11.7 Å². The number of halogens is 1. The molecule has 0 N–H and O–H groups in total. The average Bonchev–Trinajstić information content (AvgIpc) is 2.63. The highest BCUT2D eigenvalue weighted by atomic mass is 79.9. The molecular formula is C23H25BrO. The Kier molecular flexibility index (Phi) is 6.25. The minimum atomic E-state index is 0.0175. The van der Waals surface area contributed by atoms with E-state index in [0.717, 1.165) is 40.4 Å². The van der Waals surface area contributed by atoms with Gasteiger partial charge in [-0.2, -0.15) is 0 Å². The lowest BCUT2D eigenvalue weighted by molar-refractivity contribution is -0.116. The predicted molar refractivity (Wildman–Crippen MR) is 109 cm³/mol. The molecule has 0 saturated heterocycles. The van der Waals surface area contributed by atoms with E-state index in [9.17, 15) is 4.79 Å². The van der Waals surface area contributed by atoms with Crippen molar-refractivity contribution < 1.29 is 4.79 Å². The number of aryl methyl sites for hydroxylation is 1. The highest BCUT2D eigenvalue weighted by Crippen LogP contribution is 2.34. The van der Waals surface area contributed by atoms with E-state index >= 15 is 0 Å². The Bertz CT molecular complexity index is 741. The summed E-state index contributed by atoms with van der Waals surface area (Å²) >= 11 is 3.46. The van der Waals surface area contributed by atoms with Crippen LogP contribution in [0.4, 0.5) is 0 Å². The van der Waals surface area contributed by atoms with Crippen LogP contribution in [0.25, 0.3) is 5.57 Å². The van der Waals surface area contributed by atoms with E-state index in [1.165, 1.54) is 24.8 Å². The van der Waals surface area contributed by atoms with Gasteiger partial charge in [0.2, 0.25) is 0 Å². The van der Waals surface area contributed by atoms with Gasteiger partial charge in [-0.1, -0.05) is 72.1 Å². The largest absolute Gasteiger partial charge is 0.294 e. The number of hydrogen-bond acceptors (Lipinski definition) is 1. The summed E-state index contributed by atoms with van der Waals surface area (Å²) in [5.74, 6) is 0.256.